The number of nitrogens with one attached hydrogen (secondary N) is 1. The number of aryl methyl sites for hydroxylation is 2. The quantitative estimate of drug-likeness (QED) is 0.385. The molecule has 0 aliphatic rings. The van der Waals surface area contributed by atoms with Crippen molar-refractivity contribution < 1.29 is 13.9 Å². The highest BCUT2D eigenvalue weighted by atomic mass is 19.1. The van der Waals surface area contributed by atoms with Gasteiger partial charge in [0, 0.05) is 5.56 Å². The number of aromatic amines is 1. The van der Waals surface area contributed by atoms with E-state index in [1.165, 1.54) is 13.2 Å². The van der Waals surface area contributed by atoms with Crippen molar-refractivity contribution in [3.05, 3.63) is 88.5 Å². The number of rotatable bonds is 6. The molecule has 0 amide bonds. The third-order valence-electron chi connectivity index (χ3n) is 5.31. The van der Waals surface area contributed by atoms with Crippen molar-refractivity contribution in [1.82, 2.24) is 9.97 Å². The molecule has 5 nitrogen and oxygen atoms in total. The number of hydrogen-bond donors (Lipinski definition) is 1. The normalized spacial score (nSPS) is 11.4. The fraction of sp³-hybridized carbons (Fsp3) is 0.154. The molecule has 0 aliphatic carbocycles. The first-order valence-electron chi connectivity index (χ1n) is 10.1. The highest BCUT2D eigenvalue weighted by molar-refractivity contribution is 5.90. The van der Waals surface area contributed by atoms with Gasteiger partial charge in [0.1, 0.15) is 24.3 Å². The lowest BCUT2D eigenvalue weighted by Gasteiger charge is -2.12. The van der Waals surface area contributed by atoms with Crippen molar-refractivity contribution in [2.75, 3.05) is 7.11 Å². The monoisotopic (exact) mass is 427 g/mol. The number of nitrogens with zero attached hydrogens (tertiary/aromatic N) is 2. The highest BCUT2D eigenvalue weighted by Gasteiger charge is 2.11. The Kier molecular flexibility index (Phi) is 5.91. The Balaban J connectivity index is 1.61. The molecule has 32 heavy (non-hydrogen) atoms. The average molecular weight is 427 g/mol. The summed E-state index contributed by atoms with van der Waals surface area (Å²) in [7, 11) is 1.54. The zero-order valence-corrected chi connectivity index (χ0v) is 18.1. The molecule has 1 N–H and O–H groups in total. The van der Waals surface area contributed by atoms with Gasteiger partial charge in [0.2, 0.25) is 0 Å². The van der Waals surface area contributed by atoms with Crippen LogP contribution in [-0.4, -0.2) is 17.1 Å². The van der Waals surface area contributed by atoms with E-state index >= 15 is 0 Å². The predicted octanol–water partition coefficient (Wildman–Crippen LogP) is 5.97. The smallest absolute Gasteiger partial charge is 0.161 e. The summed E-state index contributed by atoms with van der Waals surface area (Å²) in [6.45, 7) is 4.16. The van der Waals surface area contributed by atoms with E-state index in [0.717, 1.165) is 27.7 Å². The molecule has 0 saturated carbocycles. The van der Waals surface area contributed by atoms with Crippen LogP contribution in [0, 0.1) is 31.0 Å². The second-order valence-corrected chi connectivity index (χ2v) is 7.50. The van der Waals surface area contributed by atoms with Crippen LogP contribution in [-0.2, 0) is 6.61 Å². The maximum Gasteiger partial charge on any atom is 0.161 e. The molecule has 0 radical (unpaired) electrons. The molecule has 1 heterocycles. The van der Waals surface area contributed by atoms with Gasteiger partial charge < -0.3 is 14.5 Å². The van der Waals surface area contributed by atoms with Gasteiger partial charge in [-0.2, -0.15) is 5.26 Å². The molecule has 0 spiro atoms. The Morgan fingerprint density at radius 2 is 1.88 bits per heavy atom. The van der Waals surface area contributed by atoms with Crippen LogP contribution in [0.25, 0.3) is 22.7 Å². The number of methoxy groups -OCH3 is 1. The van der Waals surface area contributed by atoms with E-state index in [1.54, 1.807) is 36.4 Å². The molecule has 0 atom stereocenters. The fourth-order valence-corrected chi connectivity index (χ4v) is 3.38. The van der Waals surface area contributed by atoms with Gasteiger partial charge in [0.05, 0.1) is 23.7 Å². The maximum absolute atomic E-state index is 13.8. The molecule has 0 saturated heterocycles. The van der Waals surface area contributed by atoms with Crippen LogP contribution in [0.4, 0.5) is 4.39 Å². The Bertz CT molecular complexity index is 1330. The molecule has 0 unspecified atom stereocenters. The van der Waals surface area contributed by atoms with Gasteiger partial charge in [-0.05, 0) is 66.9 Å². The Morgan fingerprint density at radius 3 is 2.62 bits per heavy atom. The van der Waals surface area contributed by atoms with E-state index in [4.69, 9.17) is 9.47 Å². The summed E-state index contributed by atoms with van der Waals surface area (Å²) in [6, 6.07) is 18.0. The number of hydrogen-bond acceptors (Lipinski definition) is 4. The molecule has 4 rings (SSSR count). The van der Waals surface area contributed by atoms with Crippen LogP contribution < -0.4 is 9.47 Å². The van der Waals surface area contributed by atoms with E-state index in [2.05, 4.69) is 16.0 Å². The first kappa shape index (κ1) is 21.1. The molecule has 6 heteroatoms. The molecule has 0 bridgehead atoms. The second kappa shape index (κ2) is 8.94. The van der Waals surface area contributed by atoms with Crippen molar-refractivity contribution in [2.24, 2.45) is 0 Å². The van der Waals surface area contributed by atoms with Crippen LogP contribution in [0.1, 0.15) is 28.1 Å². The van der Waals surface area contributed by atoms with Crippen LogP contribution >= 0.6 is 0 Å². The van der Waals surface area contributed by atoms with E-state index < -0.39 is 0 Å². The minimum atomic E-state index is -0.319. The lowest BCUT2D eigenvalue weighted by molar-refractivity contribution is 0.279. The SMILES string of the molecule is COc1cc(/C=C(\C#N)c2nc3cc(C)c(C)cc3[nH]2)ccc1OCc1ccccc1F. The molecule has 0 fully saturated rings. The molecule has 0 aliphatic heterocycles. The van der Waals surface area contributed by atoms with Gasteiger partial charge >= 0.3 is 0 Å². The van der Waals surface area contributed by atoms with Gasteiger partial charge in [-0.25, -0.2) is 9.37 Å². The number of H-pyrrole nitrogens is 1. The van der Waals surface area contributed by atoms with E-state index in [0.29, 0.717) is 28.5 Å². The van der Waals surface area contributed by atoms with Crippen molar-refractivity contribution >= 4 is 22.7 Å². The largest absolute Gasteiger partial charge is 0.493 e. The van der Waals surface area contributed by atoms with Crippen molar-refractivity contribution in [3.63, 3.8) is 0 Å². The summed E-state index contributed by atoms with van der Waals surface area (Å²) in [4.78, 5) is 7.80. The summed E-state index contributed by atoms with van der Waals surface area (Å²) >= 11 is 0. The van der Waals surface area contributed by atoms with Crippen molar-refractivity contribution in [1.29, 1.82) is 5.26 Å². The van der Waals surface area contributed by atoms with Crippen molar-refractivity contribution in [3.8, 4) is 17.6 Å². The number of ether oxygens (including phenoxy) is 2. The van der Waals surface area contributed by atoms with Gasteiger partial charge in [-0.3, -0.25) is 0 Å². The zero-order chi connectivity index (χ0) is 22.7. The molecular formula is C26H22FN3O2. The van der Waals surface area contributed by atoms with Crippen LogP contribution in [0.2, 0.25) is 0 Å². The number of halogens is 1. The molecule has 1 aromatic heterocycles. The summed E-state index contributed by atoms with van der Waals surface area (Å²) in [5.41, 5.74) is 5.63. The van der Waals surface area contributed by atoms with Crippen LogP contribution in [0.3, 0.4) is 0 Å². The lowest BCUT2D eigenvalue weighted by Crippen LogP contribution is -2.00. The number of fused-ring (bicyclic) bond motifs is 1. The topological polar surface area (TPSA) is 70.9 Å². The van der Waals surface area contributed by atoms with E-state index in [-0.39, 0.29) is 12.4 Å². The summed E-state index contributed by atoms with van der Waals surface area (Å²) in [6.07, 6.45) is 1.74. The van der Waals surface area contributed by atoms with Crippen LogP contribution in [0.5, 0.6) is 11.5 Å². The minimum Gasteiger partial charge on any atom is -0.493 e. The number of nitriles is 1. The van der Waals surface area contributed by atoms with Crippen molar-refractivity contribution in [2.45, 2.75) is 20.5 Å². The lowest BCUT2D eigenvalue weighted by atomic mass is 10.1. The number of benzene rings is 3. The summed E-state index contributed by atoms with van der Waals surface area (Å²) in [5.74, 6) is 1.16. The van der Waals surface area contributed by atoms with Gasteiger partial charge in [0.15, 0.2) is 11.5 Å². The zero-order valence-electron chi connectivity index (χ0n) is 18.1. The maximum atomic E-state index is 13.8. The van der Waals surface area contributed by atoms with E-state index in [1.807, 2.05) is 32.0 Å². The third-order valence-corrected chi connectivity index (χ3v) is 5.31. The number of aromatic nitrogens is 2. The van der Waals surface area contributed by atoms with Crippen LogP contribution in [0.15, 0.2) is 54.6 Å². The Labute approximate surface area is 185 Å². The number of allylic oxidation sites excluding steroid dienone is 1. The molecule has 3 aromatic carbocycles. The highest BCUT2D eigenvalue weighted by Crippen LogP contribution is 2.31. The second-order valence-electron chi connectivity index (χ2n) is 7.50. The molecular weight excluding hydrogens is 405 g/mol. The predicted molar refractivity (Wildman–Crippen MR) is 123 cm³/mol. The summed E-state index contributed by atoms with van der Waals surface area (Å²) in [5, 5.41) is 9.72. The first-order chi connectivity index (χ1) is 15.5. The molecule has 4 aromatic rings. The molecule has 160 valence electrons. The Morgan fingerprint density at radius 1 is 1.09 bits per heavy atom. The number of imidazole rings is 1. The van der Waals surface area contributed by atoms with Gasteiger partial charge in [-0.1, -0.05) is 24.3 Å². The first-order valence-corrected chi connectivity index (χ1v) is 10.1. The van der Waals surface area contributed by atoms with E-state index in [9.17, 15) is 9.65 Å². The standard InChI is InChI=1S/C26H22FN3O2/c1-16-10-22-23(11-17(16)2)30-26(29-22)20(14-28)12-18-8-9-24(25(13-18)31-3)32-15-19-6-4-5-7-21(19)27/h4-13H,15H2,1-3H3,(H,29,30)/b20-12+. The third kappa shape index (κ3) is 4.33. The van der Waals surface area contributed by atoms with Gasteiger partial charge in [-0.15, -0.1) is 0 Å². The average Bonchev–Trinajstić information content (AvgIpc) is 3.19. The summed E-state index contributed by atoms with van der Waals surface area (Å²) < 4.78 is 25.0. The van der Waals surface area contributed by atoms with Gasteiger partial charge in [0.25, 0.3) is 0 Å². The fourth-order valence-electron chi connectivity index (χ4n) is 3.38. The minimum absolute atomic E-state index is 0.0828. The Hall–Kier alpha value is -4.11.